The molecule has 0 atom stereocenters. The van der Waals surface area contributed by atoms with Gasteiger partial charge in [-0.15, -0.1) is 0 Å². The van der Waals surface area contributed by atoms with Crippen molar-refractivity contribution in [1.29, 1.82) is 0 Å². The van der Waals surface area contributed by atoms with Gasteiger partial charge in [0.05, 0.1) is 1.37 Å². The minimum atomic E-state index is 0.521. The minimum Gasteiger partial charge on any atom is -0.456 e. The Balaban J connectivity index is 1.42. The Kier molecular flexibility index (Phi) is 5.04. The van der Waals surface area contributed by atoms with E-state index < -0.39 is 0 Å². The number of hydrogen-bond acceptors (Lipinski definition) is 1. The summed E-state index contributed by atoms with van der Waals surface area (Å²) < 4.78 is 15.7. The van der Waals surface area contributed by atoms with Gasteiger partial charge in [0.15, 0.2) is 0 Å². The maximum Gasteiger partial charge on any atom is 0.135 e. The fraction of sp³-hybridized carbons (Fsp3) is 0. The Hall–Kier alpha value is -5.66. The lowest BCUT2D eigenvalue weighted by molar-refractivity contribution is 0.487. The van der Waals surface area contributed by atoms with Crippen LogP contribution in [0, 0.1) is 0 Å². The SMILES string of the molecule is [2H]c1cccc2c(-c3ccc4c5c(cccc35)-c3ccccc3O4)c3ccccc3c(-c3ccccc3-c3ccccc3)c12. The van der Waals surface area contributed by atoms with Crippen molar-refractivity contribution in [3.05, 3.63) is 158 Å². The van der Waals surface area contributed by atoms with E-state index in [9.17, 15) is 1.37 Å². The maximum absolute atomic E-state index is 9.29. The Labute approximate surface area is 251 Å². The lowest BCUT2D eigenvalue weighted by atomic mass is 9.82. The predicted octanol–water partition coefficient (Wildman–Crippen LogP) is 11.9. The summed E-state index contributed by atoms with van der Waals surface area (Å²) in [7, 11) is 0. The molecule has 0 spiro atoms. The van der Waals surface area contributed by atoms with Crippen LogP contribution in [0.2, 0.25) is 0 Å². The standard InChI is InChI=1S/C42H26O/c1-2-13-27(14-3-1)28-15-4-5-17-30(28)40-32-18-6-8-20-34(32)41(35-21-9-7-19-33(35)40)37-25-26-39-42-31(22-12-23-36(37)42)29-16-10-11-24-38(29)43-39/h1-26H/i18D. The summed E-state index contributed by atoms with van der Waals surface area (Å²) in [5.41, 5.74) is 9.14. The van der Waals surface area contributed by atoms with E-state index in [0.717, 1.165) is 77.4 Å². The molecule has 1 heteroatoms. The van der Waals surface area contributed by atoms with Gasteiger partial charge in [0, 0.05) is 10.9 Å². The highest BCUT2D eigenvalue weighted by Crippen LogP contribution is 2.51. The van der Waals surface area contributed by atoms with Crippen LogP contribution in [-0.2, 0) is 0 Å². The number of ether oxygens (including phenoxy) is 1. The molecular formula is C42H26O. The van der Waals surface area contributed by atoms with Gasteiger partial charge >= 0.3 is 0 Å². The molecule has 0 aromatic heterocycles. The molecule has 0 N–H and O–H groups in total. The van der Waals surface area contributed by atoms with Crippen molar-refractivity contribution in [3.63, 3.8) is 0 Å². The summed E-state index contributed by atoms with van der Waals surface area (Å²) in [5.74, 6) is 1.76. The Morgan fingerprint density at radius 1 is 0.349 bits per heavy atom. The summed E-state index contributed by atoms with van der Waals surface area (Å²) in [6, 6.07) is 53.6. The molecule has 9 rings (SSSR count). The van der Waals surface area contributed by atoms with Gasteiger partial charge in [-0.3, -0.25) is 0 Å². The molecule has 0 unspecified atom stereocenters. The van der Waals surface area contributed by atoms with Gasteiger partial charge < -0.3 is 4.74 Å². The number of fused-ring (bicyclic) bond motifs is 4. The van der Waals surface area contributed by atoms with E-state index in [4.69, 9.17) is 4.74 Å². The van der Waals surface area contributed by atoms with Crippen molar-refractivity contribution in [2.75, 3.05) is 0 Å². The van der Waals surface area contributed by atoms with Crippen LogP contribution in [0.5, 0.6) is 11.5 Å². The van der Waals surface area contributed by atoms with Crippen molar-refractivity contribution < 1.29 is 6.11 Å². The average molecular weight is 548 g/mol. The van der Waals surface area contributed by atoms with Crippen molar-refractivity contribution >= 4 is 32.3 Å². The Morgan fingerprint density at radius 2 is 0.930 bits per heavy atom. The van der Waals surface area contributed by atoms with Gasteiger partial charge in [-0.2, -0.15) is 0 Å². The molecule has 1 aliphatic rings. The predicted molar refractivity (Wildman–Crippen MR) is 181 cm³/mol. The number of hydrogen-bond donors (Lipinski definition) is 0. The van der Waals surface area contributed by atoms with Crippen LogP contribution in [0.25, 0.3) is 76.8 Å². The van der Waals surface area contributed by atoms with Crippen molar-refractivity contribution in [2.45, 2.75) is 0 Å². The molecule has 8 aromatic rings. The number of rotatable bonds is 3. The fourth-order valence-electron chi connectivity index (χ4n) is 6.99. The van der Waals surface area contributed by atoms with Crippen LogP contribution in [0.1, 0.15) is 1.37 Å². The average Bonchev–Trinajstić information content (AvgIpc) is 3.08. The summed E-state index contributed by atoms with van der Waals surface area (Å²) in [6.45, 7) is 0. The van der Waals surface area contributed by atoms with Crippen LogP contribution in [-0.4, -0.2) is 0 Å². The molecule has 0 saturated carbocycles. The van der Waals surface area contributed by atoms with E-state index in [1.165, 1.54) is 10.9 Å². The third-order valence-electron chi connectivity index (χ3n) is 8.79. The third-order valence-corrected chi connectivity index (χ3v) is 8.79. The fourth-order valence-corrected chi connectivity index (χ4v) is 6.99. The molecule has 8 aromatic carbocycles. The zero-order valence-corrected chi connectivity index (χ0v) is 23.3. The summed E-state index contributed by atoms with van der Waals surface area (Å²) in [6.07, 6.45) is 0. The molecule has 0 aliphatic carbocycles. The molecule has 1 heterocycles. The van der Waals surface area contributed by atoms with E-state index in [2.05, 4.69) is 127 Å². The normalized spacial score (nSPS) is 12.2. The van der Waals surface area contributed by atoms with Gasteiger partial charge in [-0.25, -0.2) is 0 Å². The van der Waals surface area contributed by atoms with Crippen LogP contribution in [0.15, 0.2) is 158 Å². The molecule has 0 amide bonds. The molecular weight excluding hydrogens is 520 g/mol. The first-order valence-corrected chi connectivity index (χ1v) is 14.7. The molecule has 1 aliphatic heterocycles. The molecule has 43 heavy (non-hydrogen) atoms. The van der Waals surface area contributed by atoms with Gasteiger partial charge in [0.2, 0.25) is 0 Å². The highest BCUT2D eigenvalue weighted by molar-refractivity contribution is 6.25. The van der Waals surface area contributed by atoms with Gasteiger partial charge in [0.25, 0.3) is 0 Å². The van der Waals surface area contributed by atoms with Gasteiger partial charge in [-0.1, -0.05) is 140 Å². The Morgan fingerprint density at radius 3 is 1.74 bits per heavy atom. The van der Waals surface area contributed by atoms with Gasteiger partial charge in [-0.05, 0) is 84.1 Å². The monoisotopic (exact) mass is 547 g/mol. The van der Waals surface area contributed by atoms with Crippen molar-refractivity contribution in [3.8, 4) is 56.0 Å². The van der Waals surface area contributed by atoms with Gasteiger partial charge in [0.1, 0.15) is 11.5 Å². The minimum absolute atomic E-state index is 0.521. The summed E-state index contributed by atoms with van der Waals surface area (Å²) >= 11 is 0. The van der Waals surface area contributed by atoms with Crippen LogP contribution in [0.3, 0.4) is 0 Å². The smallest absolute Gasteiger partial charge is 0.135 e. The third kappa shape index (κ3) is 3.58. The van der Waals surface area contributed by atoms with E-state index >= 15 is 0 Å². The van der Waals surface area contributed by atoms with Crippen LogP contribution >= 0.6 is 0 Å². The molecule has 0 saturated heterocycles. The molecule has 200 valence electrons. The van der Waals surface area contributed by atoms with E-state index in [1.54, 1.807) is 0 Å². The van der Waals surface area contributed by atoms with Crippen LogP contribution < -0.4 is 4.74 Å². The van der Waals surface area contributed by atoms with Crippen molar-refractivity contribution in [2.24, 2.45) is 0 Å². The number of benzene rings is 8. The highest BCUT2D eigenvalue weighted by atomic mass is 16.5. The van der Waals surface area contributed by atoms with E-state index in [0.29, 0.717) is 6.04 Å². The second-order valence-corrected chi connectivity index (χ2v) is 11.1. The Bertz CT molecular complexity index is 2420. The first-order chi connectivity index (χ1) is 21.8. The van der Waals surface area contributed by atoms with Crippen molar-refractivity contribution in [1.82, 2.24) is 0 Å². The maximum atomic E-state index is 9.29. The highest BCUT2D eigenvalue weighted by Gasteiger charge is 2.24. The summed E-state index contributed by atoms with van der Waals surface area (Å²) in [4.78, 5) is 0. The largest absolute Gasteiger partial charge is 0.456 e. The lowest BCUT2D eigenvalue weighted by Crippen LogP contribution is -1.98. The molecule has 0 radical (unpaired) electrons. The first-order valence-electron chi connectivity index (χ1n) is 15.2. The molecule has 0 bridgehead atoms. The summed E-state index contributed by atoms with van der Waals surface area (Å²) in [5, 5.41) is 6.62. The lowest BCUT2D eigenvalue weighted by Gasteiger charge is -2.24. The van der Waals surface area contributed by atoms with Crippen LogP contribution in [0.4, 0.5) is 0 Å². The topological polar surface area (TPSA) is 9.23 Å². The molecule has 0 fully saturated rings. The zero-order valence-electron chi connectivity index (χ0n) is 24.3. The zero-order chi connectivity index (χ0) is 29.2. The molecule has 1 nitrogen and oxygen atoms in total. The second-order valence-electron chi connectivity index (χ2n) is 11.1. The second kappa shape index (κ2) is 9.44. The first kappa shape index (κ1) is 23.0. The van der Waals surface area contributed by atoms with E-state index in [1.807, 2.05) is 24.3 Å². The number of para-hydroxylation sites is 1. The quantitative estimate of drug-likeness (QED) is 0.200. The van der Waals surface area contributed by atoms with E-state index in [-0.39, 0.29) is 0 Å².